The summed E-state index contributed by atoms with van der Waals surface area (Å²) in [6.45, 7) is 8.03. The largest absolute Gasteiger partial charge is 0.418 e. The fraction of sp³-hybridized carbons (Fsp3) is 0.565. The summed E-state index contributed by atoms with van der Waals surface area (Å²) >= 11 is 0. The standard InChI is InChI=1S/C23H33N5O4.ClH/c1-13(2)17(24)23(31)28-12-8-11-16(28)20(30)25-18(14(3)4)19(29)22-27-26-21(32-22)15-9-6-5-7-10-15;/h5-7,9-10,13-14,16-19,29H,8,11-12,24H2,1-4H3,(H,25,30);1H/t16?,17?,18?,19-;/m0./s1. The van der Waals surface area contributed by atoms with Gasteiger partial charge in [0, 0.05) is 12.1 Å². The van der Waals surface area contributed by atoms with Gasteiger partial charge in [0.2, 0.25) is 23.6 Å². The van der Waals surface area contributed by atoms with Crippen molar-refractivity contribution in [2.24, 2.45) is 17.6 Å². The van der Waals surface area contributed by atoms with Gasteiger partial charge in [-0.15, -0.1) is 22.6 Å². The Bertz CT molecular complexity index is 921. The van der Waals surface area contributed by atoms with E-state index in [-0.39, 0.29) is 41.9 Å². The van der Waals surface area contributed by atoms with Crippen molar-refractivity contribution in [3.63, 3.8) is 0 Å². The van der Waals surface area contributed by atoms with Crippen LogP contribution in [0.4, 0.5) is 0 Å². The number of aliphatic hydroxyl groups excluding tert-OH is 1. The summed E-state index contributed by atoms with van der Waals surface area (Å²) in [5.41, 5.74) is 6.78. The van der Waals surface area contributed by atoms with Crippen LogP contribution in [0.25, 0.3) is 11.5 Å². The summed E-state index contributed by atoms with van der Waals surface area (Å²) in [5.74, 6) is -0.346. The summed E-state index contributed by atoms with van der Waals surface area (Å²) in [7, 11) is 0. The molecular weight excluding hydrogens is 446 g/mol. The highest BCUT2D eigenvalue weighted by Crippen LogP contribution is 2.26. The quantitative estimate of drug-likeness (QED) is 0.528. The molecule has 10 heteroatoms. The normalized spacial score (nSPS) is 18.7. The van der Waals surface area contributed by atoms with E-state index in [2.05, 4.69) is 15.5 Å². The molecule has 4 atom stereocenters. The van der Waals surface area contributed by atoms with Crippen LogP contribution in [0.1, 0.15) is 52.5 Å². The molecule has 0 radical (unpaired) electrons. The fourth-order valence-electron chi connectivity index (χ4n) is 3.86. The Morgan fingerprint density at radius 2 is 1.82 bits per heavy atom. The van der Waals surface area contributed by atoms with Gasteiger partial charge in [-0.1, -0.05) is 45.9 Å². The Hall–Kier alpha value is -2.49. The lowest BCUT2D eigenvalue weighted by Crippen LogP contribution is -2.55. The minimum Gasteiger partial charge on any atom is -0.418 e. The van der Waals surface area contributed by atoms with Crippen molar-refractivity contribution in [1.82, 2.24) is 20.4 Å². The molecule has 9 nitrogen and oxygen atoms in total. The van der Waals surface area contributed by atoms with Crippen LogP contribution in [0.3, 0.4) is 0 Å². The maximum atomic E-state index is 13.1. The van der Waals surface area contributed by atoms with Crippen molar-refractivity contribution in [2.45, 2.75) is 64.8 Å². The lowest BCUT2D eigenvalue weighted by atomic mass is 9.97. The van der Waals surface area contributed by atoms with E-state index in [1.165, 1.54) is 0 Å². The SMILES string of the molecule is CC(C)C(N)C(=O)N1CCCC1C(=O)NC(C(C)C)[C@H](O)c1nnc(-c2ccccc2)o1.Cl. The first kappa shape index (κ1) is 26.8. The zero-order chi connectivity index (χ0) is 23.4. The average Bonchev–Trinajstić information content (AvgIpc) is 3.46. The first-order valence-electron chi connectivity index (χ1n) is 11.1. The number of halogens is 1. The van der Waals surface area contributed by atoms with Gasteiger partial charge in [-0.3, -0.25) is 9.59 Å². The third-order valence-electron chi connectivity index (χ3n) is 5.92. The number of nitrogens with one attached hydrogen (secondary N) is 1. The molecule has 2 heterocycles. The van der Waals surface area contributed by atoms with Gasteiger partial charge in [0.25, 0.3) is 0 Å². The highest BCUT2D eigenvalue weighted by molar-refractivity contribution is 5.90. The summed E-state index contributed by atoms with van der Waals surface area (Å²) in [5, 5.41) is 21.8. The molecule has 1 aromatic heterocycles. The van der Waals surface area contributed by atoms with Gasteiger partial charge in [0.1, 0.15) is 6.04 Å². The van der Waals surface area contributed by atoms with E-state index >= 15 is 0 Å². The van der Waals surface area contributed by atoms with Crippen molar-refractivity contribution in [2.75, 3.05) is 6.54 Å². The zero-order valence-electron chi connectivity index (χ0n) is 19.5. The van der Waals surface area contributed by atoms with E-state index in [4.69, 9.17) is 10.2 Å². The minimum absolute atomic E-state index is 0. The Morgan fingerprint density at radius 1 is 1.15 bits per heavy atom. The number of carbonyl (C=O) groups is 2. The molecule has 33 heavy (non-hydrogen) atoms. The predicted octanol–water partition coefficient (Wildman–Crippen LogP) is 2.31. The van der Waals surface area contributed by atoms with Crippen LogP contribution in [0.2, 0.25) is 0 Å². The van der Waals surface area contributed by atoms with Crippen LogP contribution in [-0.2, 0) is 9.59 Å². The van der Waals surface area contributed by atoms with Crippen molar-refractivity contribution >= 4 is 24.2 Å². The highest BCUT2D eigenvalue weighted by Gasteiger charge is 2.39. The molecular formula is C23H34ClN5O4. The molecule has 1 saturated heterocycles. The summed E-state index contributed by atoms with van der Waals surface area (Å²) in [6.07, 6.45) is 0.0997. The van der Waals surface area contributed by atoms with Crippen molar-refractivity contribution in [3.8, 4) is 11.5 Å². The molecule has 1 aromatic carbocycles. The van der Waals surface area contributed by atoms with E-state index in [1.807, 2.05) is 58.0 Å². The number of carbonyl (C=O) groups excluding carboxylic acids is 2. The molecule has 3 unspecified atom stereocenters. The highest BCUT2D eigenvalue weighted by atomic mass is 35.5. The molecule has 1 fully saturated rings. The molecule has 182 valence electrons. The number of likely N-dealkylation sites (tertiary alicyclic amines) is 1. The fourth-order valence-corrected chi connectivity index (χ4v) is 3.86. The van der Waals surface area contributed by atoms with E-state index < -0.39 is 24.2 Å². The van der Waals surface area contributed by atoms with Gasteiger partial charge >= 0.3 is 0 Å². The maximum Gasteiger partial charge on any atom is 0.247 e. The molecule has 1 aliphatic rings. The average molecular weight is 480 g/mol. The second kappa shape index (κ2) is 11.6. The third-order valence-corrected chi connectivity index (χ3v) is 5.92. The first-order valence-corrected chi connectivity index (χ1v) is 11.1. The second-order valence-electron chi connectivity index (χ2n) is 8.99. The van der Waals surface area contributed by atoms with E-state index in [0.717, 1.165) is 12.0 Å². The zero-order valence-corrected chi connectivity index (χ0v) is 20.3. The number of amides is 2. The van der Waals surface area contributed by atoms with E-state index in [0.29, 0.717) is 18.9 Å². The Labute approximate surface area is 200 Å². The van der Waals surface area contributed by atoms with Gasteiger partial charge < -0.3 is 25.5 Å². The van der Waals surface area contributed by atoms with Crippen molar-refractivity contribution < 1.29 is 19.1 Å². The third kappa shape index (κ3) is 6.10. The lowest BCUT2D eigenvalue weighted by Gasteiger charge is -2.31. The Kier molecular flexibility index (Phi) is 9.39. The van der Waals surface area contributed by atoms with Crippen LogP contribution < -0.4 is 11.1 Å². The van der Waals surface area contributed by atoms with Gasteiger partial charge in [0.05, 0.1) is 12.1 Å². The number of nitrogens with zero attached hydrogens (tertiary/aromatic N) is 3. The van der Waals surface area contributed by atoms with Crippen LogP contribution in [-0.4, -0.2) is 56.7 Å². The number of nitrogens with two attached hydrogens (primary N) is 1. The van der Waals surface area contributed by atoms with Crippen LogP contribution >= 0.6 is 12.4 Å². The monoisotopic (exact) mass is 479 g/mol. The van der Waals surface area contributed by atoms with E-state index in [9.17, 15) is 14.7 Å². The molecule has 3 rings (SSSR count). The smallest absolute Gasteiger partial charge is 0.247 e. The summed E-state index contributed by atoms with van der Waals surface area (Å²) in [4.78, 5) is 27.4. The topological polar surface area (TPSA) is 135 Å². The summed E-state index contributed by atoms with van der Waals surface area (Å²) < 4.78 is 5.68. The number of benzene rings is 1. The molecule has 0 bridgehead atoms. The van der Waals surface area contributed by atoms with Crippen LogP contribution in [0.5, 0.6) is 0 Å². The molecule has 0 aliphatic carbocycles. The van der Waals surface area contributed by atoms with Crippen LogP contribution in [0.15, 0.2) is 34.7 Å². The molecule has 0 saturated carbocycles. The number of hydrogen-bond donors (Lipinski definition) is 3. The van der Waals surface area contributed by atoms with Gasteiger partial charge in [0.15, 0.2) is 6.10 Å². The number of aromatic nitrogens is 2. The second-order valence-corrected chi connectivity index (χ2v) is 8.99. The van der Waals surface area contributed by atoms with Crippen LogP contribution in [0, 0.1) is 11.8 Å². The Morgan fingerprint density at radius 3 is 2.42 bits per heavy atom. The first-order chi connectivity index (χ1) is 15.2. The number of hydrogen-bond acceptors (Lipinski definition) is 7. The molecule has 2 amide bonds. The van der Waals surface area contributed by atoms with Gasteiger partial charge in [-0.05, 0) is 36.8 Å². The van der Waals surface area contributed by atoms with E-state index in [1.54, 1.807) is 4.90 Å². The molecule has 1 aliphatic heterocycles. The number of rotatable bonds is 8. The van der Waals surface area contributed by atoms with Crippen molar-refractivity contribution in [1.29, 1.82) is 0 Å². The molecule has 0 spiro atoms. The lowest BCUT2D eigenvalue weighted by molar-refractivity contribution is -0.140. The summed E-state index contributed by atoms with van der Waals surface area (Å²) in [6, 6.07) is 7.33. The predicted molar refractivity (Wildman–Crippen MR) is 126 cm³/mol. The minimum atomic E-state index is -1.19. The maximum absolute atomic E-state index is 13.1. The number of aliphatic hydroxyl groups is 1. The molecule has 4 N–H and O–H groups in total. The molecule has 2 aromatic rings. The van der Waals surface area contributed by atoms with Gasteiger partial charge in [-0.2, -0.15) is 0 Å². The van der Waals surface area contributed by atoms with Gasteiger partial charge in [-0.25, -0.2) is 0 Å². The van der Waals surface area contributed by atoms with Crippen molar-refractivity contribution in [3.05, 3.63) is 36.2 Å². The Balaban J connectivity index is 0.00000385.